The van der Waals surface area contributed by atoms with Crippen molar-refractivity contribution in [1.29, 1.82) is 0 Å². The summed E-state index contributed by atoms with van der Waals surface area (Å²) in [6, 6.07) is 2.41. The number of hydrogen-bond acceptors (Lipinski definition) is 1. The van der Waals surface area contributed by atoms with Gasteiger partial charge in [0.25, 0.3) is 5.78 Å². The van der Waals surface area contributed by atoms with Gasteiger partial charge >= 0.3 is 6.18 Å². The molecule has 0 aliphatic heterocycles. The zero-order valence-electron chi connectivity index (χ0n) is 6.53. The predicted octanol–water partition coefficient (Wildman–Crippen LogP) is 3.22. The summed E-state index contributed by atoms with van der Waals surface area (Å²) in [6.07, 6.45) is -5.09. The fraction of sp³-hybridized carbons (Fsp3) is 0.125. The first-order chi connectivity index (χ1) is 6.32. The van der Waals surface area contributed by atoms with Crippen molar-refractivity contribution in [2.45, 2.75) is 6.18 Å². The number of alkyl halides is 3. The van der Waals surface area contributed by atoms with Crippen molar-refractivity contribution >= 4 is 17.4 Å². The molecule has 0 unspecified atom stereocenters. The lowest BCUT2D eigenvalue weighted by atomic mass is 10.1. The SMILES string of the molecule is O=C(c1cc(Cl)ccc1F)C(F)(F)F. The molecule has 0 spiro atoms. The van der Waals surface area contributed by atoms with Gasteiger partial charge in [-0.3, -0.25) is 4.79 Å². The van der Waals surface area contributed by atoms with E-state index < -0.39 is 23.3 Å². The minimum Gasteiger partial charge on any atom is -0.284 e. The summed E-state index contributed by atoms with van der Waals surface area (Å²) >= 11 is 5.32. The molecule has 0 aliphatic carbocycles. The van der Waals surface area contributed by atoms with Gasteiger partial charge in [-0.15, -0.1) is 0 Å². The molecule has 0 amide bonds. The van der Waals surface area contributed by atoms with Crippen molar-refractivity contribution < 1.29 is 22.4 Å². The Hall–Kier alpha value is -1.10. The molecule has 0 saturated carbocycles. The van der Waals surface area contributed by atoms with E-state index in [4.69, 9.17) is 11.6 Å². The Balaban J connectivity index is 3.19. The number of Topliss-reactive ketones (excluding diaryl/α,β-unsaturated/α-hetero) is 1. The van der Waals surface area contributed by atoms with Crippen LogP contribution in [-0.4, -0.2) is 12.0 Å². The van der Waals surface area contributed by atoms with E-state index in [2.05, 4.69) is 0 Å². The second-order valence-corrected chi connectivity index (χ2v) is 2.89. The summed E-state index contributed by atoms with van der Waals surface area (Å²) in [5, 5.41) is -0.126. The van der Waals surface area contributed by atoms with Crippen LogP contribution in [0.25, 0.3) is 0 Å². The molecule has 0 atom stereocenters. The summed E-state index contributed by atoms with van der Waals surface area (Å²) in [4.78, 5) is 10.6. The van der Waals surface area contributed by atoms with E-state index in [9.17, 15) is 22.4 Å². The highest BCUT2D eigenvalue weighted by molar-refractivity contribution is 6.31. The number of hydrogen-bond donors (Lipinski definition) is 0. The zero-order chi connectivity index (χ0) is 10.9. The summed E-state index contributed by atoms with van der Waals surface area (Å²) in [6.45, 7) is 0. The van der Waals surface area contributed by atoms with E-state index in [1.54, 1.807) is 0 Å². The molecule has 76 valence electrons. The molecule has 1 nitrogen and oxygen atoms in total. The van der Waals surface area contributed by atoms with Gasteiger partial charge in [0.1, 0.15) is 5.82 Å². The highest BCUT2D eigenvalue weighted by Gasteiger charge is 2.40. The molecule has 14 heavy (non-hydrogen) atoms. The topological polar surface area (TPSA) is 17.1 Å². The number of benzene rings is 1. The Morgan fingerprint density at radius 1 is 1.29 bits per heavy atom. The Morgan fingerprint density at radius 2 is 1.86 bits per heavy atom. The quantitative estimate of drug-likeness (QED) is 0.531. The third-order valence-corrected chi connectivity index (χ3v) is 1.67. The third kappa shape index (κ3) is 2.23. The first-order valence-electron chi connectivity index (χ1n) is 3.39. The third-order valence-electron chi connectivity index (χ3n) is 1.43. The number of carbonyl (C=O) groups is 1. The van der Waals surface area contributed by atoms with Crippen LogP contribution in [0.3, 0.4) is 0 Å². The van der Waals surface area contributed by atoms with E-state index in [1.165, 1.54) is 0 Å². The van der Waals surface area contributed by atoms with Gasteiger partial charge in [0, 0.05) is 5.02 Å². The fourth-order valence-electron chi connectivity index (χ4n) is 0.824. The zero-order valence-corrected chi connectivity index (χ0v) is 7.29. The van der Waals surface area contributed by atoms with Crippen molar-refractivity contribution in [2.75, 3.05) is 0 Å². The number of carbonyl (C=O) groups excluding carboxylic acids is 1. The van der Waals surface area contributed by atoms with Crippen molar-refractivity contribution in [3.05, 3.63) is 34.6 Å². The van der Waals surface area contributed by atoms with Crippen LogP contribution in [0.4, 0.5) is 17.6 Å². The van der Waals surface area contributed by atoms with Crippen molar-refractivity contribution in [2.24, 2.45) is 0 Å². The molecule has 0 radical (unpaired) electrons. The molecule has 0 saturated heterocycles. The van der Waals surface area contributed by atoms with E-state index in [0.717, 1.165) is 6.07 Å². The lowest BCUT2D eigenvalue weighted by molar-refractivity contribution is -0.0887. The lowest BCUT2D eigenvalue weighted by Crippen LogP contribution is -2.23. The van der Waals surface area contributed by atoms with E-state index in [0.29, 0.717) is 12.1 Å². The monoisotopic (exact) mass is 226 g/mol. The Kier molecular flexibility index (Phi) is 2.80. The Morgan fingerprint density at radius 3 is 2.36 bits per heavy atom. The maximum Gasteiger partial charge on any atom is 0.454 e. The normalized spacial score (nSPS) is 11.5. The van der Waals surface area contributed by atoms with Crippen LogP contribution in [0.15, 0.2) is 18.2 Å². The van der Waals surface area contributed by atoms with Crippen molar-refractivity contribution in [3.63, 3.8) is 0 Å². The van der Waals surface area contributed by atoms with E-state index >= 15 is 0 Å². The second kappa shape index (κ2) is 3.57. The maximum atomic E-state index is 12.8. The average molecular weight is 227 g/mol. The molecular weight excluding hydrogens is 224 g/mol. The molecule has 0 heterocycles. The summed E-state index contributed by atoms with van der Waals surface area (Å²) in [5.41, 5.74) is -1.06. The molecule has 0 N–H and O–H groups in total. The number of halogens is 5. The second-order valence-electron chi connectivity index (χ2n) is 2.45. The van der Waals surface area contributed by atoms with Crippen LogP contribution in [0, 0.1) is 5.82 Å². The van der Waals surface area contributed by atoms with Gasteiger partial charge < -0.3 is 0 Å². The van der Waals surface area contributed by atoms with Gasteiger partial charge in [-0.05, 0) is 18.2 Å². The van der Waals surface area contributed by atoms with Crippen molar-refractivity contribution in [3.8, 4) is 0 Å². The van der Waals surface area contributed by atoms with Crippen LogP contribution in [0.5, 0.6) is 0 Å². The van der Waals surface area contributed by atoms with Crippen molar-refractivity contribution in [1.82, 2.24) is 0 Å². The molecule has 1 aromatic carbocycles. The summed E-state index contributed by atoms with van der Waals surface area (Å²) < 4.78 is 48.4. The van der Waals surface area contributed by atoms with Crippen LogP contribution in [-0.2, 0) is 0 Å². The van der Waals surface area contributed by atoms with E-state index in [-0.39, 0.29) is 5.02 Å². The summed E-state index contributed by atoms with van der Waals surface area (Å²) in [7, 11) is 0. The number of rotatable bonds is 1. The fourth-order valence-corrected chi connectivity index (χ4v) is 0.996. The number of ketones is 1. The average Bonchev–Trinajstić information content (AvgIpc) is 2.06. The van der Waals surface area contributed by atoms with E-state index in [1.807, 2.05) is 0 Å². The molecule has 0 bridgehead atoms. The van der Waals surface area contributed by atoms with Gasteiger partial charge in [0.15, 0.2) is 0 Å². The Labute approximate surface area is 81.3 Å². The standard InChI is InChI=1S/C8H3ClF4O/c9-4-1-2-6(10)5(3-4)7(14)8(11,12)13/h1-3H. The molecular formula is C8H3ClF4O. The van der Waals surface area contributed by atoms with Gasteiger partial charge in [0.05, 0.1) is 5.56 Å². The highest BCUT2D eigenvalue weighted by atomic mass is 35.5. The molecule has 6 heteroatoms. The summed E-state index contributed by atoms with van der Waals surface area (Å²) in [5.74, 6) is -3.48. The molecule has 0 fully saturated rings. The highest BCUT2D eigenvalue weighted by Crippen LogP contribution is 2.24. The lowest BCUT2D eigenvalue weighted by Gasteiger charge is -2.05. The smallest absolute Gasteiger partial charge is 0.284 e. The molecule has 0 aromatic heterocycles. The minimum atomic E-state index is -5.09. The van der Waals surface area contributed by atoms with Crippen LogP contribution < -0.4 is 0 Å². The van der Waals surface area contributed by atoms with Gasteiger partial charge in [0.2, 0.25) is 0 Å². The first kappa shape index (κ1) is 11.0. The van der Waals surface area contributed by atoms with Crippen LogP contribution >= 0.6 is 11.6 Å². The molecule has 1 aromatic rings. The predicted molar refractivity (Wildman–Crippen MR) is 41.8 cm³/mol. The molecule has 1 rings (SSSR count). The van der Waals surface area contributed by atoms with Gasteiger partial charge in [-0.2, -0.15) is 13.2 Å². The Bertz CT molecular complexity index is 372. The van der Waals surface area contributed by atoms with Gasteiger partial charge in [-0.25, -0.2) is 4.39 Å². The maximum absolute atomic E-state index is 12.8. The van der Waals surface area contributed by atoms with Gasteiger partial charge in [-0.1, -0.05) is 11.6 Å². The largest absolute Gasteiger partial charge is 0.454 e. The minimum absolute atomic E-state index is 0.126. The van der Waals surface area contributed by atoms with Crippen LogP contribution in [0.1, 0.15) is 10.4 Å². The molecule has 0 aliphatic rings. The first-order valence-corrected chi connectivity index (χ1v) is 3.77. The van der Waals surface area contributed by atoms with Crippen LogP contribution in [0.2, 0.25) is 5.02 Å².